The molecule has 1 saturated heterocycles. The van der Waals surface area contributed by atoms with Gasteiger partial charge in [0.15, 0.2) is 5.76 Å². The fraction of sp³-hybridized carbons (Fsp3) is 0.0455. The molecule has 0 spiro atoms. The number of hydrogen-bond donors (Lipinski definition) is 0. The Morgan fingerprint density at radius 1 is 1.10 bits per heavy atom. The quantitative estimate of drug-likeness (QED) is 0.323. The first-order valence-corrected chi connectivity index (χ1v) is 10.1. The average Bonchev–Trinajstić information content (AvgIpc) is 3.46. The van der Waals surface area contributed by atoms with Gasteiger partial charge in [0, 0.05) is 5.56 Å². The summed E-state index contributed by atoms with van der Waals surface area (Å²) in [5, 5.41) is 5.04. The maximum absolute atomic E-state index is 12.8. The molecular formula is C22H14N2O3S2. The van der Waals surface area contributed by atoms with Gasteiger partial charge < -0.3 is 8.94 Å². The van der Waals surface area contributed by atoms with Gasteiger partial charge in [-0.15, -0.1) is 0 Å². The molecule has 1 aliphatic heterocycles. The second kappa shape index (κ2) is 7.35. The number of benzene rings is 2. The maximum Gasteiger partial charge on any atom is 0.266 e. The van der Waals surface area contributed by atoms with Crippen molar-refractivity contribution in [3.8, 4) is 11.3 Å². The molecule has 1 amide bonds. The van der Waals surface area contributed by atoms with Crippen LogP contribution < -0.4 is 0 Å². The number of nitrogens with zero attached hydrogens (tertiary/aromatic N) is 2. The van der Waals surface area contributed by atoms with E-state index in [0.717, 1.165) is 22.0 Å². The number of carbonyl (C=O) groups is 1. The van der Waals surface area contributed by atoms with Crippen molar-refractivity contribution in [3.05, 3.63) is 83.2 Å². The third-order valence-corrected chi connectivity index (χ3v) is 5.98. The molecule has 29 heavy (non-hydrogen) atoms. The molecule has 7 heteroatoms. The van der Waals surface area contributed by atoms with Crippen molar-refractivity contribution in [1.82, 2.24) is 10.1 Å². The van der Waals surface area contributed by atoms with Crippen LogP contribution in [0.2, 0.25) is 0 Å². The Morgan fingerprint density at radius 3 is 2.76 bits per heavy atom. The van der Waals surface area contributed by atoms with Gasteiger partial charge in [-0.05, 0) is 35.9 Å². The van der Waals surface area contributed by atoms with E-state index in [1.165, 1.54) is 11.8 Å². The van der Waals surface area contributed by atoms with Crippen molar-refractivity contribution in [2.75, 3.05) is 0 Å². The topological polar surface area (TPSA) is 59.5 Å². The molecule has 3 heterocycles. The third kappa shape index (κ3) is 3.39. The lowest BCUT2D eigenvalue weighted by atomic mass is 10.1. The number of fused-ring (bicyclic) bond motifs is 1. The second-order valence-electron chi connectivity index (χ2n) is 6.50. The highest BCUT2D eigenvalue weighted by molar-refractivity contribution is 8.26. The summed E-state index contributed by atoms with van der Waals surface area (Å²) in [5.74, 6) is 1.28. The fourth-order valence-electron chi connectivity index (χ4n) is 3.19. The van der Waals surface area contributed by atoms with Crippen LogP contribution in [0.3, 0.4) is 0 Å². The Labute approximate surface area is 176 Å². The van der Waals surface area contributed by atoms with Crippen molar-refractivity contribution in [2.45, 2.75) is 6.54 Å². The lowest BCUT2D eigenvalue weighted by Gasteiger charge is -2.11. The highest BCUT2D eigenvalue weighted by Gasteiger charge is 2.32. The molecule has 0 saturated carbocycles. The van der Waals surface area contributed by atoms with E-state index in [9.17, 15) is 4.79 Å². The van der Waals surface area contributed by atoms with Crippen molar-refractivity contribution >= 4 is 51.2 Å². The largest absolute Gasteiger partial charge is 0.467 e. The Hall–Kier alpha value is -3.16. The summed E-state index contributed by atoms with van der Waals surface area (Å²) in [6.45, 7) is 0.331. The standard InChI is InChI=1S/C22H14N2O3S2/c25-21-19(29-22(28)24(21)13-16-7-4-10-26-16)12-14-8-9-18-17(11-14)20(27-23-18)15-5-2-1-3-6-15/h1-12H,13H2. The number of hydrogen-bond acceptors (Lipinski definition) is 6. The first-order chi connectivity index (χ1) is 14.2. The second-order valence-corrected chi connectivity index (χ2v) is 8.18. The zero-order valence-electron chi connectivity index (χ0n) is 15.1. The Balaban J connectivity index is 1.47. The molecule has 0 bridgehead atoms. The zero-order valence-corrected chi connectivity index (χ0v) is 16.7. The van der Waals surface area contributed by atoms with Crippen LogP contribution in [-0.2, 0) is 11.3 Å². The molecule has 1 aliphatic rings. The molecule has 5 nitrogen and oxygen atoms in total. The van der Waals surface area contributed by atoms with Crippen molar-refractivity contribution < 1.29 is 13.7 Å². The summed E-state index contributed by atoms with van der Waals surface area (Å²) < 4.78 is 11.4. The van der Waals surface area contributed by atoms with E-state index in [1.54, 1.807) is 17.2 Å². The number of aromatic nitrogens is 1. The van der Waals surface area contributed by atoms with Gasteiger partial charge in [-0.25, -0.2) is 0 Å². The number of amides is 1. The molecule has 0 atom stereocenters. The van der Waals surface area contributed by atoms with Crippen LogP contribution in [0.4, 0.5) is 0 Å². The van der Waals surface area contributed by atoms with E-state index in [4.69, 9.17) is 21.2 Å². The van der Waals surface area contributed by atoms with Crippen LogP contribution in [0, 0.1) is 0 Å². The van der Waals surface area contributed by atoms with Gasteiger partial charge in [-0.2, -0.15) is 0 Å². The van der Waals surface area contributed by atoms with Crippen LogP contribution in [-0.4, -0.2) is 20.3 Å². The van der Waals surface area contributed by atoms with Crippen LogP contribution in [0.25, 0.3) is 28.3 Å². The number of carbonyl (C=O) groups excluding carboxylic acids is 1. The van der Waals surface area contributed by atoms with Gasteiger partial charge in [0.1, 0.15) is 15.6 Å². The molecule has 5 rings (SSSR count). The summed E-state index contributed by atoms with van der Waals surface area (Å²) in [4.78, 5) is 15.0. The molecule has 1 fully saturated rings. The Kier molecular flexibility index (Phi) is 4.54. The average molecular weight is 418 g/mol. The minimum Gasteiger partial charge on any atom is -0.467 e. The van der Waals surface area contributed by atoms with Gasteiger partial charge in [0.25, 0.3) is 5.91 Å². The molecule has 2 aromatic heterocycles. The first-order valence-electron chi connectivity index (χ1n) is 8.92. The van der Waals surface area contributed by atoms with Crippen LogP contribution >= 0.6 is 24.0 Å². The highest BCUT2D eigenvalue weighted by atomic mass is 32.2. The predicted molar refractivity (Wildman–Crippen MR) is 117 cm³/mol. The normalized spacial score (nSPS) is 15.7. The molecule has 0 radical (unpaired) electrons. The van der Waals surface area contributed by atoms with Gasteiger partial charge >= 0.3 is 0 Å². The minimum absolute atomic E-state index is 0.120. The minimum atomic E-state index is -0.120. The molecule has 2 aromatic carbocycles. The van der Waals surface area contributed by atoms with Crippen molar-refractivity contribution in [3.63, 3.8) is 0 Å². The molecule has 142 valence electrons. The van der Waals surface area contributed by atoms with Gasteiger partial charge in [0.2, 0.25) is 0 Å². The molecule has 0 N–H and O–H groups in total. The summed E-state index contributed by atoms with van der Waals surface area (Å²) in [7, 11) is 0. The lowest BCUT2D eigenvalue weighted by Crippen LogP contribution is -2.27. The smallest absolute Gasteiger partial charge is 0.266 e. The zero-order chi connectivity index (χ0) is 19.8. The maximum atomic E-state index is 12.8. The molecule has 4 aromatic rings. The number of thiocarbonyl (C=S) groups is 1. The van der Waals surface area contributed by atoms with E-state index in [1.807, 2.05) is 60.7 Å². The Morgan fingerprint density at radius 2 is 1.97 bits per heavy atom. The number of furan rings is 1. The van der Waals surface area contributed by atoms with Crippen LogP contribution in [0.1, 0.15) is 11.3 Å². The SMILES string of the molecule is O=C1C(=Cc2ccc3noc(-c4ccccc4)c3c2)SC(=S)N1Cc1ccco1. The van der Waals surface area contributed by atoms with Gasteiger partial charge in [-0.1, -0.05) is 65.5 Å². The molecular weight excluding hydrogens is 404 g/mol. The first kappa shape index (κ1) is 17.9. The number of thioether (sulfide) groups is 1. The van der Waals surface area contributed by atoms with Crippen LogP contribution in [0.15, 0.2) is 80.8 Å². The van der Waals surface area contributed by atoms with E-state index >= 15 is 0 Å². The highest BCUT2D eigenvalue weighted by Crippen LogP contribution is 2.35. The monoisotopic (exact) mass is 418 g/mol. The predicted octanol–water partition coefficient (Wildman–Crippen LogP) is 5.49. The van der Waals surface area contributed by atoms with E-state index in [0.29, 0.717) is 27.3 Å². The van der Waals surface area contributed by atoms with E-state index in [-0.39, 0.29) is 5.91 Å². The van der Waals surface area contributed by atoms with Gasteiger partial charge in [-0.3, -0.25) is 9.69 Å². The van der Waals surface area contributed by atoms with Crippen molar-refractivity contribution in [2.24, 2.45) is 0 Å². The van der Waals surface area contributed by atoms with Crippen LogP contribution in [0.5, 0.6) is 0 Å². The summed E-state index contributed by atoms with van der Waals surface area (Å²) in [6, 6.07) is 19.2. The summed E-state index contributed by atoms with van der Waals surface area (Å²) in [6.07, 6.45) is 3.43. The fourth-order valence-corrected chi connectivity index (χ4v) is 4.45. The van der Waals surface area contributed by atoms with Crippen molar-refractivity contribution in [1.29, 1.82) is 0 Å². The number of rotatable bonds is 4. The van der Waals surface area contributed by atoms with E-state index in [2.05, 4.69) is 5.16 Å². The Bertz CT molecular complexity index is 1240. The summed E-state index contributed by atoms with van der Waals surface area (Å²) in [5.41, 5.74) is 2.61. The molecule has 0 unspecified atom stereocenters. The molecule has 0 aliphatic carbocycles. The lowest BCUT2D eigenvalue weighted by molar-refractivity contribution is -0.122. The van der Waals surface area contributed by atoms with E-state index < -0.39 is 0 Å². The van der Waals surface area contributed by atoms with Gasteiger partial charge in [0.05, 0.1) is 23.1 Å². The third-order valence-electron chi connectivity index (χ3n) is 4.60. The summed E-state index contributed by atoms with van der Waals surface area (Å²) >= 11 is 6.69.